The lowest BCUT2D eigenvalue weighted by Gasteiger charge is -2.29. The van der Waals surface area contributed by atoms with E-state index >= 15 is 0 Å². The van der Waals surface area contributed by atoms with Crippen LogP contribution < -0.4 is 15.5 Å². The number of likely N-dealkylation sites (N-methyl/N-ethyl adjacent to an activating group) is 1. The van der Waals surface area contributed by atoms with Gasteiger partial charge in [-0.05, 0) is 30.9 Å². The van der Waals surface area contributed by atoms with Gasteiger partial charge in [0.2, 0.25) is 0 Å². The molecule has 0 spiro atoms. The van der Waals surface area contributed by atoms with Gasteiger partial charge in [0.05, 0.1) is 0 Å². The second-order valence-corrected chi connectivity index (χ2v) is 6.03. The number of hydrogen-bond donors (Lipinski definition) is 2. The fourth-order valence-corrected chi connectivity index (χ4v) is 2.90. The molecule has 1 fully saturated rings. The predicted molar refractivity (Wildman–Crippen MR) is 87.7 cm³/mol. The molecule has 1 aromatic rings. The molecule has 0 radical (unpaired) electrons. The molecule has 0 heterocycles. The van der Waals surface area contributed by atoms with E-state index in [4.69, 9.17) is 0 Å². The lowest BCUT2D eigenvalue weighted by atomic mass is 9.86. The topological polar surface area (TPSA) is 44.4 Å². The first-order chi connectivity index (χ1) is 10.2. The molecule has 2 amide bonds. The number of nitrogens with one attached hydrogen (secondary N) is 2. The van der Waals surface area contributed by atoms with E-state index in [0.717, 1.165) is 13.0 Å². The van der Waals surface area contributed by atoms with Crippen molar-refractivity contribution in [3.05, 3.63) is 30.3 Å². The minimum Gasteiger partial charge on any atom is -0.373 e. The quantitative estimate of drug-likeness (QED) is 0.875. The van der Waals surface area contributed by atoms with Gasteiger partial charge in [-0.2, -0.15) is 0 Å². The van der Waals surface area contributed by atoms with Crippen LogP contribution in [0.15, 0.2) is 30.3 Å². The van der Waals surface area contributed by atoms with Crippen LogP contribution in [0.25, 0.3) is 0 Å². The van der Waals surface area contributed by atoms with Crippen LogP contribution in [0.2, 0.25) is 0 Å². The maximum Gasteiger partial charge on any atom is 0.315 e. The first-order valence-electron chi connectivity index (χ1n) is 7.97. The van der Waals surface area contributed by atoms with Gasteiger partial charge < -0.3 is 15.5 Å². The minimum absolute atomic E-state index is 0.0322. The average Bonchev–Trinajstić information content (AvgIpc) is 2.50. The molecule has 1 aliphatic carbocycles. The Hall–Kier alpha value is -1.71. The summed E-state index contributed by atoms with van der Waals surface area (Å²) in [7, 11) is 2.04. The van der Waals surface area contributed by atoms with Crippen molar-refractivity contribution >= 4 is 11.7 Å². The first-order valence-corrected chi connectivity index (χ1v) is 7.97. The summed E-state index contributed by atoms with van der Waals surface area (Å²) in [5.41, 5.74) is 1.17. The van der Waals surface area contributed by atoms with Crippen molar-refractivity contribution in [2.45, 2.75) is 38.6 Å². The molecule has 21 heavy (non-hydrogen) atoms. The molecular formula is C17H27N3O. The summed E-state index contributed by atoms with van der Waals surface area (Å²) in [6, 6.07) is 10.5. The normalized spacial score (nSPS) is 21.6. The Morgan fingerprint density at radius 3 is 2.67 bits per heavy atom. The second kappa shape index (κ2) is 7.91. The Balaban J connectivity index is 1.67. The summed E-state index contributed by atoms with van der Waals surface area (Å²) in [4.78, 5) is 14.1. The number of para-hydroxylation sites is 1. The van der Waals surface area contributed by atoms with Crippen molar-refractivity contribution in [2.75, 3.05) is 25.0 Å². The summed E-state index contributed by atoms with van der Waals surface area (Å²) in [6.07, 6.45) is 4.86. The van der Waals surface area contributed by atoms with E-state index in [1.165, 1.54) is 24.9 Å². The second-order valence-electron chi connectivity index (χ2n) is 6.03. The van der Waals surface area contributed by atoms with Crippen molar-refractivity contribution in [3.8, 4) is 0 Å². The monoisotopic (exact) mass is 289 g/mol. The van der Waals surface area contributed by atoms with E-state index in [-0.39, 0.29) is 6.03 Å². The van der Waals surface area contributed by atoms with Gasteiger partial charge in [-0.3, -0.25) is 0 Å². The molecule has 2 N–H and O–H groups in total. The molecule has 1 saturated carbocycles. The maximum absolute atomic E-state index is 11.9. The number of carbonyl (C=O) groups is 1. The Labute approximate surface area is 127 Å². The van der Waals surface area contributed by atoms with Crippen LogP contribution in [-0.2, 0) is 0 Å². The van der Waals surface area contributed by atoms with Gasteiger partial charge in [-0.1, -0.05) is 38.0 Å². The van der Waals surface area contributed by atoms with Crippen molar-refractivity contribution in [1.29, 1.82) is 0 Å². The molecule has 116 valence electrons. The van der Waals surface area contributed by atoms with Crippen LogP contribution in [0.5, 0.6) is 0 Å². The molecule has 2 atom stereocenters. The molecule has 2 unspecified atom stereocenters. The molecule has 0 saturated heterocycles. The standard InChI is InChI=1S/C17H27N3O/c1-14-8-6-7-11-16(14)19-17(21)18-12-13-20(2)15-9-4-3-5-10-15/h3-5,9-10,14,16H,6-8,11-13H2,1-2H3,(H2,18,19,21). The Kier molecular flexibility index (Phi) is 5.90. The van der Waals surface area contributed by atoms with Crippen molar-refractivity contribution in [2.24, 2.45) is 5.92 Å². The van der Waals surface area contributed by atoms with Gasteiger partial charge in [0.1, 0.15) is 0 Å². The van der Waals surface area contributed by atoms with Crippen LogP contribution in [0.3, 0.4) is 0 Å². The first kappa shape index (κ1) is 15.7. The summed E-state index contributed by atoms with van der Waals surface area (Å²) in [5.74, 6) is 0.594. The van der Waals surface area contributed by atoms with E-state index in [2.05, 4.69) is 34.6 Å². The van der Waals surface area contributed by atoms with Gasteiger partial charge in [0.25, 0.3) is 0 Å². The third kappa shape index (κ3) is 4.96. The van der Waals surface area contributed by atoms with Gasteiger partial charge in [0, 0.05) is 31.9 Å². The zero-order valence-corrected chi connectivity index (χ0v) is 13.1. The molecule has 2 rings (SSSR count). The third-order valence-corrected chi connectivity index (χ3v) is 4.36. The number of anilines is 1. The van der Waals surface area contributed by atoms with Crippen LogP contribution in [0.1, 0.15) is 32.6 Å². The van der Waals surface area contributed by atoms with Gasteiger partial charge in [-0.25, -0.2) is 4.79 Å². The summed E-state index contributed by atoms with van der Waals surface area (Å²) >= 11 is 0. The lowest BCUT2D eigenvalue weighted by molar-refractivity contribution is 0.222. The summed E-state index contributed by atoms with van der Waals surface area (Å²) in [5, 5.41) is 6.07. The van der Waals surface area contributed by atoms with Crippen LogP contribution in [0.4, 0.5) is 10.5 Å². The Bertz CT molecular complexity index is 435. The molecule has 4 heteroatoms. The number of rotatable bonds is 5. The average molecular weight is 289 g/mol. The largest absolute Gasteiger partial charge is 0.373 e. The van der Waals surface area contributed by atoms with E-state index in [1.807, 2.05) is 25.2 Å². The van der Waals surface area contributed by atoms with Crippen LogP contribution in [0, 0.1) is 5.92 Å². The fourth-order valence-electron chi connectivity index (χ4n) is 2.90. The fraction of sp³-hybridized carbons (Fsp3) is 0.588. The lowest BCUT2D eigenvalue weighted by Crippen LogP contribution is -2.47. The molecule has 0 aromatic heterocycles. The zero-order valence-electron chi connectivity index (χ0n) is 13.1. The van der Waals surface area contributed by atoms with E-state index < -0.39 is 0 Å². The molecule has 1 aromatic carbocycles. The zero-order chi connectivity index (χ0) is 15.1. The molecule has 4 nitrogen and oxygen atoms in total. The van der Waals surface area contributed by atoms with Crippen molar-refractivity contribution < 1.29 is 4.79 Å². The SMILES string of the molecule is CC1CCCCC1NC(=O)NCCN(C)c1ccccc1. The minimum atomic E-state index is -0.0322. The number of urea groups is 1. The number of nitrogens with zero attached hydrogens (tertiary/aromatic N) is 1. The molecule has 0 bridgehead atoms. The third-order valence-electron chi connectivity index (χ3n) is 4.36. The van der Waals surface area contributed by atoms with E-state index in [1.54, 1.807) is 0 Å². The van der Waals surface area contributed by atoms with Gasteiger partial charge >= 0.3 is 6.03 Å². The molecule has 0 aliphatic heterocycles. The van der Waals surface area contributed by atoms with Crippen molar-refractivity contribution in [1.82, 2.24) is 10.6 Å². The highest BCUT2D eigenvalue weighted by Crippen LogP contribution is 2.23. The number of amides is 2. The smallest absolute Gasteiger partial charge is 0.315 e. The number of benzene rings is 1. The van der Waals surface area contributed by atoms with Crippen LogP contribution in [-0.4, -0.2) is 32.2 Å². The maximum atomic E-state index is 11.9. The Morgan fingerprint density at radius 1 is 1.24 bits per heavy atom. The van der Waals surface area contributed by atoms with Gasteiger partial charge in [-0.15, -0.1) is 0 Å². The summed E-state index contributed by atoms with van der Waals surface area (Å²) < 4.78 is 0. The van der Waals surface area contributed by atoms with Crippen LogP contribution >= 0.6 is 0 Å². The van der Waals surface area contributed by atoms with Crippen molar-refractivity contribution in [3.63, 3.8) is 0 Å². The van der Waals surface area contributed by atoms with Gasteiger partial charge in [0.15, 0.2) is 0 Å². The predicted octanol–water partition coefficient (Wildman–Crippen LogP) is 3.00. The highest BCUT2D eigenvalue weighted by Gasteiger charge is 2.22. The number of hydrogen-bond acceptors (Lipinski definition) is 2. The van der Waals surface area contributed by atoms with E-state index in [9.17, 15) is 4.79 Å². The van der Waals surface area contributed by atoms with E-state index in [0.29, 0.717) is 18.5 Å². The highest BCUT2D eigenvalue weighted by atomic mass is 16.2. The molecular weight excluding hydrogens is 262 g/mol. The summed E-state index contributed by atoms with van der Waals surface area (Å²) in [6.45, 7) is 3.68. The molecule has 1 aliphatic rings. The Morgan fingerprint density at radius 2 is 1.95 bits per heavy atom. The highest BCUT2D eigenvalue weighted by molar-refractivity contribution is 5.74. The number of carbonyl (C=O) groups excluding carboxylic acids is 1.